The molecule has 23 heavy (non-hydrogen) atoms. The molecule has 0 N–H and O–H groups in total. The SMILES string of the molecule is C(=C(c1ccccc1)C1CCc2ccccc21)c1ccccc1. The maximum Gasteiger partial charge on any atom is 0.0101 e. The molecular weight excluding hydrogens is 276 g/mol. The van der Waals surface area contributed by atoms with Crippen LogP contribution in [0.3, 0.4) is 0 Å². The normalized spacial score (nSPS) is 17.0. The van der Waals surface area contributed by atoms with Crippen LogP contribution in [0, 0.1) is 0 Å². The van der Waals surface area contributed by atoms with Gasteiger partial charge in [0.1, 0.15) is 0 Å². The Kier molecular flexibility index (Phi) is 3.81. The molecule has 0 saturated carbocycles. The van der Waals surface area contributed by atoms with Crippen LogP contribution in [0.2, 0.25) is 0 Å². The Morgan fingerprint density at radius 2 is 1.39 bits per heavy atom. The Morgan fingerprint density at radius 1 is 0.739 bits per heavy atom. The molecule has 0 spiro atoms. The van der Waals surface area contributed by atoms with E-state index in [0.717, 1.165) is 0 Å². The molecule has 4 rings (SSSR count). The Balaban J connectivity index is 1.83. The van der Waals surface area contributed by atoms with E-state index in [1.54, 1.807) is 0 Å². The molecule has 1 aliphatic rings. The predicted molar refractivity (Wildman–Crippen MR) is 98.3 cm³/mol. The lowest BCUT2D eigenvalue weighted by molar-refractivity contribution is 0.832. The van der Waals surface area contributed by atoms with Gasteiger partial charge in [0.25, 0.3) is 0 Å². The van der Waals surface area contributed by atoms with E-state index in [1.165, 1.54) is 40.7 Å². The second-order valence-corrected chi connectivity index (χ2v) is 6.17. The molecule has 3 aromatic rings. The zero-order chi connectivity index (χ0) is 15.5. The summed E-state index contributed by atoms with van der Waals surface area (Å²) in [7, 11) is 0. The van der Waals surface area contributed by atoms with E-state index in [4.69, 9.17) is 0 Å². The molecule has 0 fully saturated rings. The largest absolute Gasteiger partial charge is 0.0622 e. The van der Waals surface area contributed by atoms with Gasteiger partial charge in [0, 0.05) is 5.92 Å². The molecule has 0 radical (unpaired) electrons. The van der Waals surface area contributed by atoms with Gasteiger partial charge in [0.2, 0.25) is 0 Å². The van der Waals surface area contributed by atoms with Crippen molar-refractivity contribution in [2.24, 2.45) is 0 Å². The average Bonchev–Trinajstić information content (AvgIpc) is 3.05. The summed E-state index contributed by atoms with van der Waals surface area (Å²) in [6.07, 6.45) is 4.74. The van der Waals surface area contributed by atoms with Gasteiger partial charge in [-0.1, -0.05) is 91.0 Å². The van der Waals surface area contributed by atoms with Gasteiger partial charge in [-0.15, -0.1) is 0 Å². The minimum atomic E-state index is 0.494. The molecule has 112 valence electrons. The number of hydrogen-bond acceptors (Lipinski definition) is 0. The summed E-state index contributed by atoms with van der Waals surface area (Å²) in [4.78, 5) is 0. The number of benzene rings is 3. The molecule has 0 saturated heterocycles. The Morgan fingerprint density at radius 3 is 2.17 bits per heavy atom. The van der Waals surface area contributed by atoms with Crippen LogP contribution >= 0.6 is 0 Å². The molecule has 0 amide bonds. The highest BCUT2D eigenvalue weighted by Gasteiger charge is 2.25. The number of allylic oxidation sites excluding steroid dienone is 1. The monoisotopic (exact) mass is 296 g/mol. The average molecular weight is 296 g/mol. The molecule has 0 aromatic heterocycles. The second kappa shape index (κ2) is 6.26. The minimum Gasteiger partial charge on any atom is -0.0622 e. The van der Waals surface area contributed by atoms with Crippen LogP contribution in [0.25, 0.3) is 11.6 Å². The molecule has 0 nitrogen and oxygen atoms in total. The van der Waals surface area contributed by atoms with Crippen molar-refractivity contribution >= 4 is 11.6 Å². The van der Waals surface area contributed by atoms with Crippen molar-refractivity contribution < 1.29 is 0 Å². The fourth-order valence-corrected chi connectivity index (χ4v) is 3.62. The first kappa shape index (κ1) is 14.0. The highest BCUT2D eigenvalue weighted by atomic mass is 14.3. The van der Waals surface area contributed by atoms with Crippen LogP contribution in [0.1, 0.15) is 34.6 Å². The third-order valence-corrected chi connectivity index (χ3v) is 4.74. The lowest BCUT2D eigenvalue weighted by Gasteiger charge is -2.17. The molecule has 0 heterocycles. The van der Waals surface area contributed by atoms with Crippen molar-refractivity contribution in [3.8, 4) is 0 Å². The van der Waals surface area contributed by atoms with Crippen LogP contribution in [0.4, 0.5) is 0 Å². The topological polar surface area (TPSA) is 0 Å². The number of rotatable bonds is 3. The van der Waals surface area contributed by atoms with Crippen LogP contribution in [0.15, 0.2) is 84.9 Å². The van der Waals surface area contributed by atoms with E-state index in [-0.39, 0.29) is 0 Å². The van der Waals surface area contributed by atoms with Gasteiger partial charge in [0.05, 0.1) is 0 Å². The van der Waals surface area contributed by atoms with E-state index in [0.29, 0.717) is 5.92 Å². The Labute approximate surface area is 138 Å². The molecule has 1 unspecified atom stereocenters. The molecule has 0 bridgehead atoms. The van der Waals surface area contributed by atoms with Gasteiger partial charge in [0.15, 0.2) is 0 Å². The summed E-state index contributed by atoms with van der Waals surface area (Å²) in [5, 5.41) is 0. The fourth-order valence-electron chi connectivity index (χ4n) is 3.62. The van der Waals surface area contributed by atoms with Crippen LogP contribution in [-0.4, -0.2) is 0 Å². The fraction of sp³-hybridized carbons (Fsp3) is 0.130. The lowest BCUT2D eigenvalue weighted by atomic mass is 9.86. The lowest BCUT2D eigenvalue weighted by Crippen LogP contribution is -1.98. The standard InChI is InChI=1S/C23H20/c1-3-9-18(10-4-1)17-23(19-11-5-2-6-12-19)22-16-15-20-13-7-8-14-21(20)22/h1-14,17,22H,15-16H2. The van der Waals surface area contributed by atoms with Crippen LogP contribution in [0.5, 0.6) is 0 Å². The van der Waals surface area contributed by atoms with Crippen molar-refractivity contribution in [3.05, 3.63) is 107 Å². The Hall–Kier alpha value is -2.60. The third kappa shape index (κ3) is 2.85. The first-order chi connectivity index (χ1) is 11.4. The summed E-state index contributed by atoms with van der Waals surface area (Å²) in [5.41, 5.74) is 7.04. The van der Waals surface area contributed by atoms with Gasteiger partial charge >= 0.3 is 0 Å². The quantitative estimate of drug-likeness (QED) is 0.523. The highest BCUT2D eigenvalue weighted by Crippen LogP contribution is 2.43. The van der Waals surface area contributed by atoms with Crippen molar-refractivity contribution in [1.82, 2.24) is 0 Å². The minimum absolute atomic E-state index is 0.494. The first-order valence-electron chi connectivity index (χ1n) is 8.32. The molecule has 0 heteroatoms. The number of aryl methyl sites for hydroxylation is 1. The van der Waals surface area contributed by atoms with Gasteiger partial charge in [-0.05, 0) is 40.7 Å². The van der Waals surface area contributed by atoms with E-state index in [2.05, 4.69) is 91.0 Å². The van der Waals surface area contributed by atoms with E-state index >= 15 is 0 Å². The smallest absolute Gasteiger partial charge is 0.0101 e. The summed E-state index contributed by atoms with van der Waals surface area (Å²) in [6, 6.07) is 30.4. The molecule has 1 atom stereocenters. The third-order valence-electron chi connectivity index (χ3n) is 4.74. The highest BCUT2D eigenvalue weighted by molar-refractivity contribution is 5.86. The van der Waals surface area contributed by atoms with Gasteiger partial charge in [-0.2, -0.15) is 0 Å². The number of fused-ring (bicyclic) bond motifs is 1. The van der Waals surface area contributed by atoms with Crippen LogP contribution in [-0.2, 0) is 6.42 Å². The van der Waals surface area contributed by atoms with Crippen molar-refractivity contribution in [1.29, 1.82) is 0 Å². The zero-order valence-electron chi connectivity index (χ0n) is 13.2. The Bertz CT molecular complexity index is 813. The van der Waals surface area contributed by atoms with Crippen LogP contribution < -0.4 is 0 Å². The van der Waals surface area contributed by atoms with Crippen molar-refractivity contribution in [2.45, 2.75) is 18.8 Å². The second-order valence-electron chi connectivity index (χ2n) is 6.17. The first-order valence-corrected chi connectivity index (χ1v) is 8.32. The predicted octanol–water partition coefficient (Wildman–Crippen LogP) is 5.96. The molecule has 0 aliphatic heterocycles. The molecule has 1 aliphatic carbocycles. The number of hydrogen-bond donors (Lipinski definition) is 0. The van der Waals surface area contributed by atoms with Gasteiger partial charge in [-0.25, -0.2) is 0 Å². The maximum atomic E-state index is 2.36. The van der Waals surface area contributed by atoms with Crippen molar-refractivity contribution in [3.63, 3.8) is 0 Å². The summed E-state index contributed by atoms with van der Waals surface area (Å²) in [5.74, 6) is 0.494. The zero-order valence-corrected chi connectivity index (χ0v) is 13.2. The summed E-state index contributed by atoms with van der Waals surface area (Å²) >= 11 is 0. The maximum absolute atomic E-state index is 2.36. The van der Waals surface area contributed by atoms with E-state index in [9.17, 15) is 0 Å². The summed E-state index contributed by atoms with van der Waals surface area (Å²) in [6.45, 7) is 0. The molecule has 3 aromatic carbocycles. The van der Waals surface area contributed by atoms with Gasteiger partial charge < -0.3 is 0 Å². The van der Waals surface area contributed by atoms with Crippen molar-refractivity contribution in [2.75, 3.05) is 0 Å². The van der Waals surface area contributed by atoms with E-state index in [1.807, 2.05) is 0 Å². The van der Waals surface area contributed by atoms with Gasteiger partial charge in [-0.3, -0.25) is 0 Å². The van der Waals surface area contributed by atoms with E-state index < -0.39 is 0 Å². The molecular formula is C23H20. The summed E-state index contributed by atoms with van der Waals surface area (Å²) < 4.78 is 0.